The van der Waals surface area contributed by atoms with Crippen LogP contribution < -0.4 is 11.1 Å². The van der Waals surface area contributed by atoms with Crippen molar-refractivity contribution in [3.8, 4) is 0 Å². The summed E-state index contributed by atoms with van der Waals surface area (Å²) in [7, 11) is 0. The van der Waals surface area contributed by atoms with E-state index in [4.69, 9.17) is 5.73 Å². The minimum absolute atomic E-state index is 0.182. The number of carbonyl (C=O) groups is 3. The lowest BCUT2D eigenvalue weighted by Crippen LogP contribution is -2.07. The van der Waals surface area contributed by atoms with Crippen LogP contribution in [0.4, 0.5) is 11.5 Å². The highest BCUT2D eigenvalue weighted by Gasteiger charge is 2.21. The van der Waals surface area contributed by atoms with Crippen molar-refractivity contribution >= 4 is 29.0 Å². The third-order valence-electron chi connectivity index (χ3n) is 3.33. The van der Waals surface area contributed by atoms with Crippen molar-refractivity contribution < 1.29 is 14.4 Å². The Morgan fingerprint density at radius 2 is 1.68 bits per heavy atom. The molecule has 1 aromatic heterocycles. The van der Waals surface area contributed by atoms with Crippen LogP contribution >= 0.6 is 0 Å². The first-order chi connectivity index (χ1) is 10.3. The molecule has 1 heterocycles. The van der Waals surface area contributed by atoms with Crippen molar-refractivity contribution in [2.45, 2.75) is 20.8 Å². The first-order valence-corrected chi connectivity index (χ1v) is 6.72. The van der Waals surface area contributed by atoms with Crippen LogP contribution in [-0.2, 0) is 4.79 Å². The molecule has 1 aromatic carbocycles. The highest BCUT2D eigenvalue weighted by atomic mass is 16.1. The molecule has 0 fully saturated rings. The van der Waals surface area contributed by atoms with Gasteiger partial charge in [-0.05, 0) is 43.7 Å². The quantitative estimate of drug-likeness (QED) is 0.753. The maximum Gasteiger partial charge on any atom is 0.221 e. The van der Waals surface area contributed by atoms with Crippen LogP contribution in [0.3, 0.4) is 0 Å². The van der Waals surface area contributed by atoms with Crippen molar-refractivity contribution in [1.82, 2.24) is 4.98 Å². The smallest absolute Gasteiger partial charge is 0.221 e. The van der Waals surface area contributed by atoms with Crippen molar-refractivity contribution in [2.24, 2.45) is 0 Å². The number of hydrogen-bond donors (Lipinski definition) is 3. The molecule has 0 atom stereocenters. The molecular weight excluding hydrogens is 282 g/mol. The minimum Gasteiger partial charge on any atom is -0.385 e. The summed E-state index contributed by atoms with van der Waals surface area (Å²) >= 11 is 0. The summed E-state index contributed by atoms with van der Waals surface area (Å²) in [6.45, 7) is 4.50. The number of benzene rings is 1. The molecule has 0 aliphatic heterocycles. The molecule has 0 unspecified atom stereocenters. The second-order valence-corrected chi connectivity index (χ2v) is 5.06. The number of H-pyrrole nitrogens is 1. The molecule has 4 N–H and O–H groups in total. The number of Topliss-reactive ketones (excluding diaryl/α,β-unsaturated/α-hetero) is 1. The molecule has 2 aromatic rings. The Bertz CT molecular complexity index is 758. The van der Waals surface area contributed by atoms with Gasteiger partial charge in [-0.25, -0.2) is 0 Å². The molecule has 0 radical (unpaired) electrons. The van der Waals surface area contributed by atoms with Crippen LogP contribution in [0, 0.1) is 6.92 Å². The van der Waals surface area contributed by atoms with Gasteiger partial charge in [0, 0.05) is 18.2 Å². The van der Waals surface area contributed by atoms with E-state index in [1.165, 1.54) is 13.8 Å². The number of carbonyl (C=O) groups excluding carboxylic acids is 3. The molecule has 0 spiro atoms. The molecule has 114 valence electrons. The molecule has 2 rings (SSSR count). The van der Waals surface area contributed by atoms with Gasteiger partial charge in [-0.15, -0.1) is 0 Å². The molecule has 0 saturated heterocycles. The Morgan fingerprint density at radius 3 is 2.14 bits per heavy atom. The molecule has 0 saturated carbocycles. The molecule has 6 heteroatoms. The van der Waals surface area contributed by atoms with Gasteiger partial charge in [-0.1, -0.05) is 0 Å². The van der Waals surface area contributed by atoms with Gasteiger partial charge in [-0.2, -0.15) is 0 Å². The fourth-order valence-corrected chi connectivity index (χ4v) is 2.35. The lowest BCUT2D eigenvalue weighted by Gasteiger charge is -2.04. The van der Waals surface area contributed by atoms with Gasteiger partial charge in [-0.3, -0.25) is 14.4 Å². The number of amides is 1. The summed E-state index contributed by atoms with van der Waals surface area (Å²) in [6.07, 6.45) is 0. The predicted octanol–water partition coefficient (Wildman–Crippen LogP) is 2.30. The third-order valence-corrected chi connectivity index (χ3v) is 3.33. The predicted molar refractivity (Wildman–Crippen MR) is 84.1 cm³/mol. The summed E-state index contributed by atoms with van der Waals surface area (Å²) < 4.78 is 0. The number of aromatic nitrogens is 1. The van der Waals surface area contributed by atoms with E-state index in [1.807, 2.05) is 0 Å². The van der Waals surface area contributed by atoms with E-state index in [-0.39, 0.29) is 23.3 Å². The number of nitrogens with one attached hydrogen (secondary N) is 2. The maximum atomic E-state index is 12.5. The first-order valence-electron chi connectivity index (χ1n) is 6.72. The zero-order valence-corrected chi connectivity index (χ0v) is 12.6. The molecular formula is C16H17N3O3. The number of nitrogen functional groups attached to an aromatic ring is 1. The van der Waals surface area contributed by atoms with Crippen molar-refractivity contribution in [1.29, 1.82) is 0 Å². The molecule has 1 amide bonds. The van der Waals surface area contributed by atoms with Gasteiger partial charge < -0.3 is 16.0 Å². The van der Waals surface area contributed by atoms with Gasteiger partial charge >= 0.3 is 0 Å². The number of rotatable bonds is 4. The number of hydrogen-bond acceptors (Lipinski definition) is 4. The normalized spacial score (nSPS) is 10.3. The summed E-state index contributed by atoms with van der Waals surface area (Å²) in [6, 6.07) is 6.50. The molecule has 0 aliphatic rings. The number of ketones is 2. The van der Waals surface area contributed by atoms with Gasteiger partial charge in [0.05, 0.1) is 11.3 Å². The Morgan fingerprint density at radius 1 is 1.09 bits per heavy atom. The summed E-state index contributed by atoms with van der Waals surface area (Å²) in [4.78, 5) is 37.8. The monoisotopic (exact) mass is 299 g/mol. The maximum absolute atomic E-state index is 12.5. The summed E-state index contributed by atoms with van der Waals surface area (Å²) in [5.41, 5.74) is 8.00. The Labute approximate surface area is 127 Å². The number of anilines is 2. The highest BCUT2D eigenvalue weighted by Crippen LogP contribution is 2.23. The average molecular weight is 299 g/mol. The van der Waals surface area contributed by atoms with Gasteiger partial charge in [0.25, 0.3) is 0 Å². The summed E-state index contributed by atoms with van der Waals surface area (Å²) in [5.74, 6) is -0.432. The first kappa shape index (κ1) is 15.5. The van der Waals surface area contributed by atoms with Gasteiger partial charge in [0.2, 0.25) is 11.7 Å². The number of nitrogens with two attached hydrogens (primary N) is 1. The van der Waals surface area contributed by atoms with E-state index >= 15 is 0 Å². The van der Waals surface area contributed by atoms with E-state index in [0.29, 0.717) is 28.1 Å². The Hall–Kier alpha value is -2.89. The van der Waals surface area contributed by atoms with Crippen LogP contribution in [0.1, 0.15) is 45.8 Å². The van der Waals surface area contributed by atoms with Crippen LogP contribution in [0.15, 0.2) is 24.3 Å². The minimum atomic E-state index is -0.258. The lowest BCUT2D eigenvalue weighted by atomic mass is 10.0. The van der Waals surface area contributed by atoms with E-state index in [0.717, 1.165) is 0 Å². The SMILES string of the molecule is CC(=O)Nc1ccc(C(=O)c2[nH]c(N)c(C(C)=O)c2C)cc1. The largest absolute Gasteiger partial charge is 0.385 e. The van der Waals surface area contributed by atoms with Gasteiger partial charge in [0.15, 0.2) is 5.78 Å². The Balaban J connectivity index is 2.34. The Kier molecular flexibility index (Phi) is 4.12. The zero-order valence-electron chi connectivity index (χ0n) is 12.6. The average Bonchev–Trinajstić information content (AvgIpc) is 2.73. The summed E-state index contributed by atoms with van der Waals surface area (Å²) in [5, 5.41) is 2.63. The second kappa shape index (κ2) is 5.85. The molecule has 22 heavy (non-hydrogen) atoms. The molecule has 6 nitrogen and oxygen atoms in total. The van der Waals surface area contributed by atoms with E-state index in [9.17, 15) is 14.4 Å². The van der Waals surface area contributed by atoms with Crippen LogP contribution in [0.25, 0.3) is 0 Å². The van der Waals surface area contributed by atoms with Gasteiger partial charge in [0.1, 0.15) is 5.82 Å². The molecule has 0 aliphatic carbocycles. The van der Waals surface area contributed by atoms with Crippen LogP contribution in [0.2, 0.25) is 0 Å². The van der Waals surface area contributed by atoms with Crippen molar-refractivity contribution in [2.75, 3.05) is 11.1 Å². The number of aromatic amines is 1. The topological polar surface area (TPSA) is 105 Å². The fraction of sp³-hybridized carbons (Fsp3) is 0.188. The second-order valence-electron chi connectivity index (χ2n) is 5.06. The highest BCUT2D eigenvalue weighted by molar-refractivity contribution is 6.12. The zero-order chi connectivity index (χ0) is 16.4. The van der Waals surface area contributed by atoms with E-state index in [2.05, 4.69) is 10.3 Å². The van der Waals surface area contributed by atoms with Crippen molar-refractivity contribution in [3.05, 3.63) is 46.6 Å². The third kappa shape index (κ3) is 2.90. The van der Waals surface area contributed by atoms with Crippen LogP contribution in [0.5, 0.6) is 0 Å². The van der Waals surface area contributed by atoms with Crippen molar-refractivity contribution in [3.63, 3.8) is 0 Å². The molecule has 0 bridgehead atoms. The fourth-order valence-electron chi connectivity index (χ4n) is 2.35. The standard InChI is InChI=1S/C16H17N3O3/c1-8-13(9(2)20)16(17)19-14(8)15(22)11-4-6-12(7-5-11)18-10(3)21/h4-7,19H,17H2,1-3H3,(H,18,21). The van der Waals surface area contributed by atoms with E-state index < -0.39 is 0 Å². The lowest BCUT2D eigenvalue weighted by molar-refractivity contribution is -0.114. The van der Waals surface area contributed by atoms with Crippen LogP contribution in [-0.4, -0.2) is 22.5 Å². The van der Waals surface area contributed by atoms with E-state index in [1.54, 1.807) is 31.2 Å².